The summed E-state index contributed by atoms with van der Waals surface area (Å²) in [5, 5.41) is 9.46. The topological polar surface area (TPSA) is 74.8 Å². The first-order chi connectivity index (χ1) is 15.0. The lowest BCUT2D eigenvalue weighted by molar-refractivity contribution is 0.0619. The number of likely N-dealkylation sites (tertiary alicyclic amines) is 1. The molecule has 1 N–H and O–H groups in total. The Labute approximate surface area is 185 Å². The Morgan fingerprint density at radius 2 is 1.97 bits per heavy atom. The SMILES string of the molecule is Cc1cccc2c(-c3nc(C(=O)N4CC(C)CC(C)C4)c(-c4cccnc4)s3)n[nH]c12. The van der Waals surface area contributed by atoms with Crippen molar-refractivity contribution in [2.45, 2.75) is 27.2 Å². The maximum absolute atomic E-state index is 13.6. The van der Waals surface area contributed by atoms with Crippen molar-refractivity contribution >= 4 is 28.1 Å². The fourth-order valence-corrected chi connectivity index (χ4v) is 5.64. The number of piperidine rings is 1. The average molecular weight is 432 g/mol. The monoisotopic (exact) mass is 431 g/mol. The molecular formula is C24H25N5OS. The van der Waals surface area contributed by atoms with E-state index in [0.29, 0.717) is 17.5 Å². The van der Waals surface area contributed by atoms with Crippen LogP contribution in [0.1, 0.15) is 36.3 Å². The third-order valence-electron chi connectivity index (χ3n) is 5.92. The molecule has 0 radical (unpaired) electrons. The van der Waals surface area contributed by atoms with E-state index in [-0.39, 0.29) is 5.91 Å². The third kappa shape index (κ3) is 3.63. The van der Waals surface area contributed by atoms with Gasteiger partial charge in [-0.05, 0) is 36.8 Å². The molecule has 0 aliphatic carbocycles. The first-order valence-corrected chi connectivity index (χ1v) is 11.5. The van der Waals surface area contributed by atoms with Gasteiger partial charge in [-0.1, -0.05) is 38.1 Å². The lowest BCUT2D eigenvalue weighted by Crippen LogP contribution is -2.42. The molecule has 0 spiro atoms. The van der Waals surface area contributed by atoms with Gasteiger partial charge in [0.25, 0.3) is 5.91 Å². The van der Waals surface area contributed by atoms with Crippen LogP contribution in [-0.2, 0) is 0 Å². The van der Waals surface area contributed by atoms with Crippen molar-refractivity contribution in [3.05, 3.63) is 54.0 Å². The highest BCUT2D eigenvalue weighted by atomic mass is 32.1. The van der Waals surface area contributed by atoms with E-state index in [1.165, 1.54) is 11.3 Å². The van der Waals surface area contributed by atoms with E-state index in [9.17, 15) is 4.79 Å². The minimum absolute atomic E-state index is 0.00391. The highest BCUT2D eigenvalue weighted by Crippen LogP contribution is 2.38. The van der Waals surface area contributed by atoms with Crippen LogP contribution in [0.5, 0.6) is 0 Å². The molecule has 7 heteroatoms. The van der Waals surface area contributed by atoms with Crippen molar-refractivity contribution in [2.24, 2.45) is 11.8 Å². The second kappa shape index (κ2) is 7.89. The molecule has 4 aromatic rings. The maximum Gasteiger partial charge on any atom is 0.274 e. The number of nitrogens with one attached hydrogen (secondary N) is 1. The standard InChI is InChI=1S/C24H25N5OS/c1-14-10-15(2)13-29(12-14)24(30)21-22(17-7-5-9-25-11-17)31-23(26-21)20-18-8-4-6-16(3)19(18)27-28-20/h4-9,11,14-15H,10,12-13H2,1-3H3,(H,27,28). The van der Waals surface area contributed by atoms with Crippen molar-refractivity contribution in [2.75, 3.05) is 13.1 Å². The predicted octanol–water partition coefficient (Wildman–Crippen LogP) is 5.17. The van der Waals surface area contributed by atoms with Crippen molar-refractivity contribution in [3.8, 4) is 21.1 Å². The van der Waals surface area contributed by atoms with E-state index >= 15 is 0 Å². The van der Waals surface area contributed by atoms with Gasteiger partial charge in [0.05, 0.1) is 10.4 Å². The van der Waals surface area contributed by atoms with Gasteiger partial charge in [0.2, 0.25) is 0 Å². The molecule has 158 valence electrons. The number of hydrogen-bond acceptors (Lipinski definition) is 5. The number of nitrogens with zero attached hydrogens (tertiary/aromatic N) is 4. The molecule has 3 aromatic heterocycles. The molecule has 0 saturated carbocycles. The number of fused-ring (bicyclic) bond motifs is 1. The number of amides is 1. The number of H-pyrrole nitrogens is 1. The second-order valence-corrected chi connectivity index (χ2v) is 9.66. The molecule has 1 saturated heterocycles. The first kappa shape index (κ1) is 19.9. The maximum atomic E-state index is 13.6. The van der Waals surface area contributed by atoms with Crippen LogP contribution in [0.3, 0.4) is 0 Å². The van der Waals surface area contributed by atoms with E-state index in [0.717, 1.165) is 57.1 Å². The summed E-state index contributed by atoms with van der Waals surface area (Å²) in [6.45, 7) is 8.02. The number of thiazole rings is 1. The molecule has 1 aliphatic heterocycles. The fourth-order valence-electron chi connectivity index (χ4n) is 4.59. The van der Waals surface area contributed by atoms with Crippen LogP contribution >= 0.6 is 11.3 Å². The van der Waals surface area contributed by atoms with Crippen LogP contribution in [-0.4, -0.2) is 44.1 Å². The molecule has 6 nitrogen and oxygen atoms in total. The van der Waals surface area contributed by atoms with E-state index in [1.54, 1.807) is 12.4 Å². The molecular weight excluding hydrogens is 406 g/mol. The molecule has 2 unspecified atom stereocenters. The Bertz CT molecular complexity index is 1240. The van der Waals surface area contributed by atoms with Crippen LogP contribution in [0.25, 0.3) is 32.0 Å². The number of aryl methyl sites for hydroxylation is 1. The Morgan fingerprint density at radius 3 is 2.71 bits per heavy atom. The van der Waals surface area contributed by atoms with Gasteiger partial charge < -0.3 is 4.90 Å². The third-order valence-corrected chi connectivity index (χ3v) is 7.03. The second-order valence-electron chi connectivity index (χ2n) is 8.66. The molecule has 1 fully saturated rings. The molecule has 4 heterocycles. The van der Waals surface area contributed by atoms with E-state index in [2.05, 4.69) is 42.0 Å². The van der Waals surface area contributed by atoms with Gasteiger partial charge in [0.15, 0.2) is 0 Å². The zero-order valence-corrected chi connectivity index (χ0v) is 18.7. The number of aromatic amines is 1. The van der Waals surface area contributed by atoms with Gasteiger partial charge in [-0.25, -0.2) is 4.98 Å². The van der Waals surface area contributed by atoms with Crippen molar-refractivity contribution in [3.63, 3.8) is 0 Å². The normalized spacial score (nSPS) is 19.1. The van der Waals surface area contributed by atoms with Gasteiger partial charge in [-0.15, -0.1) is 11.3 Å². The summed E-state index contributed by atoms with van der Waals surface area (Å²) in [5.41, 5.74) is 4.32. The van der Waals surface area contributed by atoms with Crippen molar-refractivity contribution in [1.82, 2.24) is 25.1 Å². The molecule has 2 atom stereocenters. The van der Waals surface area contributed by atoms with Crippen LogP contribution in [0, 0.1) is 18.8 Å². The molecule has 31 heavy (non-hydrogen) atoms. The Hall–Kier alpha value is -3.06. The number of carbonyl (C=O) groups excluding carboxylic acids is 1. The fraction of sp³-hybridized carbons (Fsp3) is 0.333. The predicted molar refractivity (Wildman–Crippen MR) is 124 cm³/mol. The zero-order valence-electron chi connectivity index (χ0n) is 17.9. The summed E-state index contributed by atoms with van der Waals surface area (Å²) in [6, 6.07) is 9.99. The Kier molecular flexibility index (Phi) is 5.06. The van der Waals surface area contributed by atoms with Gasteiger partial charge in [0.1, 0.15) is 16.4 Å². The molecule has 1 aliphatic rings. The smallest absolute Gasteiger partial charge is 0.274 e. The summed E-state index contributed by atoms with van der Waals surface area (Å²) in [4.78, 5) is 25.5. The summed E-state index contributed by atoms with van der Waals surface area (Å²) >= 11 is 1.50. The van der Waals surface area contributed by atoms with E-state index < -0.39 is 0 Å². The van der Waals surface area contributed by atoms with Gasteiger partial charge in [0, 0.05) is 36.4 Å². The van der Waals surface area contributed by atoms with Crippen LogP contribution in [0.15, 0.2) is 42.7 Å². The lowest BCUT2D eigenvalue weighted by Gasteiger charge is -2.34. The summed E-state index contributed by atoms with van der Waals surface area (Å²) in [7, 11) is 0. The molecule has 1 amide bonds. The number of aromatic nitrogens is 4. The quantitative estimate of drug-likeness (QED) is 0.485. The average Bonchev–Trinajstić information content (AvgIpc) is 3.38. The highest BCUT2D eigenvalue weighted by Gasteiger charge is 2.30. The zero-order chi connectivity index (χ0) is 21.5. The Balaban J connectivity index is 1.62. The molecule has 5 rings (SSSR count). The number of hydrogen-bond donors (Lipinski definition) is 1. The highest BCUT2D eigenvalue weighted by molar-refractivity contribution is 7.18. The van der Waals surface area contributed by atoms with Crippen LogP contribution in [0.4, 0.5) is 0 Å². The molecule has 0 bridgehead atoms. The van der Waals surface area contributed by atoms with Gasteiger partial charge >= 0.3 is 0 Å². The van der Waals surface area contributed by atoms with Gasteiger partial charge in [-0.3, -0.25) is 14.9 Å². The lowest BCUT2D eigenvalue weighted by atomic mass is 9.91. The number of para-hydroxylation sites is 1. The Morgan fingerprint density at radius 1 is 1.16 bits per heavy atom. The number of benzene rings is 1. The number of carbonyl (C=O) groups is 1. The van der Waals surface area contributed by atoms with E-state index in [4.69, 9.17) is 4.98 Å². The van der Waals surface area contributed by atoms with Crippen LogP contribution < -0.4 is 0 Å². The summed E-state index contributed by atoms with van der Waals surface area (Å²) in [6.07, 6.45) is 4.69. The minimum Gasteiger partial charge on any atom is -0.337 e. The van der Waals surface area contributed by atoms with E-state index in [1.807, 2.05) is 29.2 Å². The summed E-state index contributed by atoms with van der Waals surface area (Å²) in [5.74, 6) is 0.979. The number of rotatable bonds is 3. The minimum atomic E-state index is -0.00391. The first-order valence-electron chi connectivity index (χ1n) is 10.7. The van der Waals surface area contributed by atoms with Crippen molar-refractivity contribution in [1.29, 1.82) is 0 Å². The van der Waals surface area contributed by atoms with Crippen molar-refractivity contribution < 1.29 is 4.79 Å². The van der Waals surface area contributed by atoms with Gasteiger partial charge in [-0.2, -0.15) is 5.10 Å². The van der Waals surface area contributed by atoms with Crippen LogP contribution in [0.2, 0.25) is 0 Å². The molecule has 1 aromatic carbocycles. The number of pyridine rings is 1. The summed E-state index contributed by atoms with van der Waals surface area (Å²) < 4.78 is 0. The largest absolute Gasteiger partial charge is 0.337 e.